The Morgan fingerprint density at radius 1 is 1.07 bits per heavy atom. The quantitative estimate of drug-likeness (QED) is 0.289. The van der Waals surface area contributed by atoms with E-state index in [1.54, 1.807) is 4.90 Å². The zero-order valence-electron chi connectivity index (χ0n) is 24.0. The van der Waals surface area contributed by atoms with Crippen LogP contribution in [-0.4, -0.2) is 75.3 Å². The van der Waals surface area contributed by atoms with Crippen molar-refractivity contribution in [2.24, 2.45) is 0 Å². The molecule has 4 heterocycles. The number of piperazine rings is 1. The Hall–Kier alpha value is -3.38. The molecule has 0 radical (unpaired) electrons. The summed E-state index contributed by atoms with van der Waals surface area (Å²) in [5.74, 6) is -0.102. The summed E-state index contributed by atoms with van der Waals surface area (Å²) in [7, 11) is 0. The predicted octanol–water partition coefficient (Wildman–Crippen LogP) is 5.40. The van der Waals surface area contributed by atoms with Gasteiger partial charge in [-0.05, 0) is 69.6 Å². The summed E-state index contributed by atoms with van der Waals surface area (Å²) in [5, 5.41) is 0.241. The molecule has 43 heavy (non-hydrogen) atoms. The van der Waals surface area contributed by atoms with Crippen LogP contribution in [0.1, 0.15) is 32.3 Å². The van der Waals surface area contributed by atoms with Gasteiger partial charge in [0.1, 0.15) is 11.6 Å². The molecule has 0 N–H and O–H groups in total. The fraction of sp³-hybridized carbons (Fsp3) is 0.452. The van der Waals surface area contributed by atoms with E-state index in [9.17, 15) is 27.2 Å². The zero-order valence-corrected chi connectivity index (χ0v) is 24.8. The highest BCUT2D eigenvalue weighted by molar-refractivity contribution is 7.99. The number of carbonyl (C=O) groups excluding carboxylic acids is 1. The van der Waals surface area contributed by atoms with Gasteiger partial charge in [-0.15, -0.1) is 11.8 Å². The van der Waals surface area contributed by atoms with Crippen LogP contribution in [0.2, 0.25) is 0 Å². The lowest BCUT2D eigenvalue weighted by molar-refractivity contribution is -0.137. The number of thioether (sulfide) groups is 1. The number of nitrogens with zero attached hydrogens (tertiary/aromatic N) is 5. The van der Waals surface area contributed by atoms with Crippen LogP contribution < -0.4 is 10.6 Å². The van der Waals surface area contributed by atoms with Gasteiger partial charge in [-0.25, -0.2) is 9.18 Å². The van der Waals surface area contributed by atoms with Gasteiger partial charge in [0, 0.05) is 59.4 Å². The molecule has 3 atom stereocenters. The molecule has 1 unspecified atom stereocenters. The van der Waals surface area contributed by atoms with Crippen LogP contribution in [-0.2, 0) is 17.5 Å². The zero-order chi connectivity index (χ0) is 30.6. The maximum Gasteiger partial charge on any atom is 0.417 e. The molecule has 1 aromatic heterocycles. The van der Waals surface area contributed by atoms with Crippen molar-refractivity contribution in [3.05, 3.63) is 64.9 Å². The van der Waals surface area contributed by atoms with Crippen molar-refractivity contribution in [3.8, 4) is 11.1 Å². The fourth-order valence-electron chi connectivity index (χ4n) is 6.67. The molecule has 0 saturated carbocycles. The molecule has 228 valence electrons. The van der Waals surface area contributed by atoms with Crippen LogP contribution >= 0.6 is 11.8 Å². The van der Waals surface area contributed by atoms with Gasteiger partial charge in [0.25, 0.3) is 0 Å². The molecule has 2 aromatic carbocycles. The third-order valence-electron chi connectivity index (χ3n) is 8.82. The molecule has 7 nitrogen and oxygen atoms in total. The van der Waals surface area contributed by atoms with Crippen molar-refractivity contribution in [2.75, 3.05) is 36.8 Å². The number of hydrogen-bond donors (Lipinski definition) is 0. The standard InChI is InChI=1S/C31H33F4N5O2S/c1-4-25(41)38-14-19(3)39(15-18(38)2)29-23-13-24(31(33,34)35)26(20-7-9-21(32)10-8-20)28-27(23)40(30(42)36-29)16-22(17-43-28)37-11-5-6-12-37/h4,7-10,13,18-19,22H,1,5-6,11-12,14-17H2,2-3H3/t18-,19+,22?/m1/s1. The van der Waals surface area contributed by atoms with E-state index < -0.39 is 23.2 Å². The number of likely N-dealkylation sites (tertiary alicyclic amines) is 1. The largest absolute Gasteiger partial charge is 0.417 e. The average Bonchev–Trinajstić information content (AvgIpc) is 3.43. The van der Waals surface area contributed by atoms with Crippen molar-refractivity contribution in [1.29, 1.82) is 0 Å². The molecule has 3 aromatic rings. The van der Waals surface area contributed by atoms with Crippen molar-refractivity contribution in [1.82, 2.24) is 19.4 Å². The van der Waals surface area contributed by atoms with E-state index in [1.165, 1.54) is 34.5 Å². The lowest BCUT2D eigenvalue weighted by Gasteiger charge is -2.44. The molecule has 1 amide bonds. The van der Waals surface area contributed by atoms with E-state index in [2.05, 4.69) is 16.5 Å². The van der Waals surface area contributed by atoms with Gasteiger partial charge in [0.05, 0.1) is 11.1 Å². The average molecular weight is 616 g/mol. The maximum absolute atomic E-state index is 14.9. The molecule has 12 heteroatoms. The number of halogens is 4. The topological polar surface area (TPSA) is 61.7 Å². The van der Waals surface area contributed by atoms with E-state index in [-0.39, 0.29) is 52.9 Å². The van der Waals surface area contributed by atoms with Crippen LogP contribution in [0.25, 0.3) is 22.0 Å². The summed E-state index contributed by atoms with van der Waals surface area (Å²) in [6.07, 6.45) is -1.42. The second-order valence-corrected chi connectivity index (χ2v) is 12.6. The molecule has 6 rings (SSSR count). The van der Waals surface area contributed by atoms with Gasteiger partial charge in [0.2, 0.25) is 5.91 Å². The highest BCUT2D eigenvalue weighted by atomic mass is 32.2. The first-order chi connectivity index (χ1) is 20.5. The second kappa shape index (κ2) is 11.3. The summed E-state index contributed by atoms with van der Waals surface area (Å²) in [4.78, 5) is 36.9. The molecule has 0 spiro atoms. The molecule has 0 aliphatic carbocycles. The highest BCUT2D eigenvalue weighted by Crippen LogP contribution is 2.48. The van der Waals surface area contributed by atoms with Gasteiger partial charge in [0.15, 0.2) is 0 Å². The minimum Gasteiger partial charge on any atom is -0.349 e. The summed E-state index contributed by atoms with van der Waals surface area (Å²) in [6, 6.07) is 5.45. The number of aromatic nitrogens is 2. The predicted molar refractivity (Wildman–Crippen MR) is 160 cm³/mol. The van der Waals surface area contributed by atoms with Crippen molar-refractivity contribution >= 4 is 34.4 Å². The number of benzene rings is 2. The Morgan fingerprint density at radius 3 is 2.42 bits per heavy atom. The van der Waals surface area contributed by atoms with Crippen LogP contribution in [0.4, 0.5) is 23.4 Å². The molecule has 3 aliphatic heterocycles. The smallest absolute Gasteiger partial charge is 0.349 e. The Bertz CT molecular complexity index is 1630. The number of anilines is 1. The van der Waals surface area contributed by atoms with E-state index in [0.717, 1.165) is 44.1 Å². The van der Waals surface area contributed by atoms with Crippen molar-refractivity contribution in [3.63, 3.8) is 0 Å². The number of amides is 1. The van der Waals surface area contributed by atoms with E-state index in [0.29, 0.717) is 29.3 Å². The monoisotopic (exact) mass is 615 g/mol. The lowest BCUT2D eigenvalue weighted by atomic mass is 9.96. The van der Waals surface area contributed by atoms with Gasteiger partial charge in [-0.3, -0.25) is 14.3 Å². The van der Waals surface area contributed by atoms with Crippen LogP contribution in [0.3, 0.4) is 0 Å². The summed E-state index contributed by atoms with van der Waals surface area (Å²) < 4.78 is 60.2. The van der Waals surface area contributed by atoms with Crippen LogP contribution in [0.15, 0.2) is 52.7 Å². The molecular weight excluding hydrogens is 582 g/mol. The first kappa shape index (κ1) is 29.7. The third kappa shape index (κ3) is 5.32. The Morgan fingerprint density at radius 2 is 1.77 bits per heavy atom. The molecule has 2 saturated heterocycles. The number of rotatable bonds is 4. The number of hydrogen-bond acceptors (Lipinski definition) is 6. The molecular formula is C31H33F4N5O2S. The van der Waals surface area contributed by atoms with Crippen molar-refractivity contribution < 1.29 is 22.4 Å². The third-order valence-corrected chi connectivity index (χ3v) is 10.1. The minimum absolute atomic E-state index is 0.0554. The molecule has 0 bridgehead atoms. The minimum atomic E-state index is -4.73. The molecule has 2 fully saturated rings. The van der Waals surface area contributed by atoms with Gasteiger partial charge in [-0.2, -0.15) is 18.2 Å². The first-order valence-electron chi connectivity index (χ1n) is 14.5. The van der Waals surface area contributed by atoms with E-state index in [1.807, 2.05) is 18.7 Å². The van der Waals surface area contributed by atoms with Gasteiger partial charge >= 0.3 is 11.9 Å². The van der Waals surface area contributed by atoms with E-state index in [4.69, 9.17) is 0 Å². The lowest BCUT2D eigenvalue weighted by Crippen LogP contribution is -2.58. The van der Waals surface area contributed by atoms with Crippen LogP contribution in [0.5, 0.6) is 0 Å². The number of alkyl halides is 3. The summed E-state index contributed by atoms with van der Waals surface area (Å²) >= 11 is 1.32. The summed E-state index contributed by atoms with van der Waals surface area (Å²) in [6.45, 7) is 9.93. The fourth-order valence-corrected chi connectivity index (χ4v) is 8.07. The van der Waals surface area contributed by atoms with Gasteiger partial charge < -0.3 is 9.80 Å². The Kier molecular flexibility index (Phi) is 7.78. The number of carbonyl (C=O) groups is 1. The van der Waals surface area contributed by atoms with Crippen LogP contribution in [0, 0.1) is 5.82 Å². The first-order valence-corrected chi connectivity index (χ1v) is 15.5. The maximum atomic E-state index is 14.9. The Labute approximate surface area is 251 Å². The van der Waals surface area contributed by atoms with Crippen molar-refractivity contribution in [2.45, 2.75) is 62.4 Å². The van der Waals surface area contributed by atoms with Gasteiger partial charge in [-0.1, -0.05) is 18.7 Å². The SMILES string of the molecule is C=CC(=O)N1C[C@H](C)N(c2nc(=O)n3c4c(c(-c5ccc(F)cc5)c(C(F)(F)F)cc24)SCC(N2CCCC2)C3)C[C@H]1C. The normalized spacial score (nSPS) is 23.1. The second-order valence-electron chi connectivity index (χ2n) is 11.6. The Balaban J connectivity index is 1.61. The molecule has 3 aliphatic rings. The highest BCUT2D eigenvalue weighted by Gasteiger charge is 2.40. The van der Waals surface area contributed by atoms with E-state index >= 15 is 0 Å². The summed E-state index contributed by atoms with van der Waals surface area (Å²) in [5.41, 5.74) is -0.792.